The van der Waals surface area contributed by atoms with Crippen LogP contribution < -0.4 is 5.32 Å². The predicted molar refractivity (Wildman–Crippen MR) is 74.1 cm³/mol. The number of nitrogens with zero attached hydrogens (tertiary/aromatic N) is 2. The lowest BCUT2D eigenvalue weighted by atomic mass is 9.97. The van der Waals surface area contributed by atoms with Crippen molar-refractivity contribution in [2.45, 2.75) is 32.6 Å². The van der Waals surface area contributed by atoms with Gasteiger partial charge in [0, 0.05) is 11.5 Å². The molecule has 1 aliphatic rings. The van der Waals surface area contributed by atoms with Crippen LogP contribution in [0.1, 0.15) is 35.7 Å². The molecule has 1 N–H and O–H groups in total. The van der Waals surface area contributed by atoms with Gasteiger partial charge in [-0.25, -0.2) is 0 Å². The summed E-state index contributed by atoms with van der Waals surface area (Å²) in [5, 5.41) is 7.53. The van der Waals surface area contributed by atoms with Gasteiger partial charge < -0.3 is 9.84 Å². The van der Waals surface area contributed by atoms with E-state index in [1.807, 2.05) is 0 Å². The average Bonchev–Trinajstić information content (AvgIpc) is 2.92. The minimum atomic E-state index is 0.434. The van der Waals surface area contributed by atoms with Crippen LogP contribution in [0, 0.1) is 13.8 Å². The van der Waals surface area contributed by atoms with Crippen molar-refractivity contribution in [1.82, 2.24) is 15.5 Å². The molecule has 1 fully saturated rings. The zero-order chi connectivity index (χ0) is 13.2. The van der Waals surface area contributed by atoms with E-state index in [4.69, 9.17) is 4.52 Å². The second-order valence-electron chi connectivity index (χ2n) is 5.30. The van der Waals surface area contributed by atoms with Crippen molar-refractivity contribution >= 4 is 0 Å². The van der Waals surface area contributed by atoms with Crippen molar-refractivity contribution in [2.75, 3.05) is 13.1 Å². The second-order valence-corrected chi connectivity index (χ2v) is 5.30. The summed E-state index contributed by atoms with van der Waals surface area (Å²) in [6.45, 7) is 6.23. The maximum Gasteiger partial charge on any atom is 0.258 e. The molecule has 0 unspecified atom stereocenters. The third kappa shape index (κ3) is 2.54. The van der Waals surface area contributed by atoms with Gasteiger partial charge in [-0.1, -0.05) is 22.9 Å². The molecular weight excluding hydrogens is 238 g/mol. The Labute approximate surface area is 113 Å². The monoisotopic (exact) mass is 257 g/mol. The van der Waals surface area contributed by atoms with Crippen molar-refractivity contribution in [1.29, 1.82) is 0 Å². The van der Waals surface area contributed by atoms with Crippen LogP contribution in [0.2, 0.25) is 0 Å². The maximum atomic E-state index is 5.46. The van der Waals surface area contributed by atoms with Gasteiger partial charge in [0.15, 0.2) is 5.82 Å². The Morgan fingerprint density at radius 1 is 1.21 bits per heavy atom. The van der Waals surface area contributed by atoms with E-state index in [0.717, 1.165) is 37.3 Å². The van der Waals surface area contributed by atoms with Crippen molar-refractivity contribution in [2.24, 2.45) is 0 Å². The van der Waals surface area contributed by atoms with Crippen LogP contribution in [-0.4, -0.2) is 23.2 Å². The molecular formula is C15H19N3O. The lowest BCUT2D eigenvalue weighted by Gasteiger charge is -2.18. The van der Waals surface area contributed by atoms with Crippen LogP contribution in [0.25, 0.3) is 11.5 Å². The molecule has 4 heteroatoms. The van der Waals surface area contributed by atoms with Gasteiger partial charge >= 0.3 is 0 Å². The number of benzene rings is 1. The molecule has 3 rings (SSSR count). The van der Waals surface area contributed by atoms with Crippen LogP contribution in [-0.2, 0) is 0 Å². The molecule has 1 saturated heterocycles. The topological polar surface area (TPSA) is 51.0 Å². The Morgan fingerprint density at radius 3 is 2.79 bits per heavy atom. The summed E-state index contributed by atoms with van der Waals surface area (Å²) in [4.78, 5) is 4.60. The summed E-state index contributed by atoms with van der Waals surface area (Å²) in [7, 11) is 0. The highest BCUT2D eigenvalue weighted by atomic mass is 16.5. The highest BCUT2D eigenvalue weighted by molar-refractivity contribution is 5.59. The van der Waals surface area contributed by atoms with Crippen LogP contribution in [0.3, 0.4) is 0 Å². The summed E-state index contributed by atoms with van der Waals surface area (Å²) in [6, 6.07) is 6.30. The number of piperidine rings is 1. The van der Waals surface area contributed by atoms with Crippen molar-refractivity contribution in [3.63, 3.8) is 0 Å². The van der Waals surface area contributed by atoms with Gasteiger partial charge in [-0.2, -0.15) is 4.98 Å². The number of aromatic nitrogens is 2. The molecule has 19 heavy (non-hydrogen) atoms. The van der Waals surface area contributed by atoms with Gasteiger partial charge in [-0.05, 0) is 51.4 Å². The third-order valence-electron chi connectivity index (χ3n) is 3.77. The molecule has 0 amide bonds. The van der Waals surface area contributed by atoms with Crippen molar-refractivity contribution in [3.8, 4) is 11.5 Å². The van der Waals surface area contributed by atoms with E-state index in [1.54, 1.807) is 0 Å². The molecule has 0 atom stereocenters. The number of nitrogens with one attached hydrogen (secondary N) is 1. The fraction of sp³-hybridized carbons (Fsp3) is 0.467. The highest BCUT2D eigenvalue weighted by Crippen LogP contribution is 2.27. The Bertz CT molecular complexity index is 571. The third-order valence-corrected chi connectivity index (χ3v) is 3.77. The van der Waals surface area contributed by atoms with E-state index in [-0.39, 0.29) is 0 Å². The average molecular weight is 257 g/mol. The van der Waals surface area contributed by atoms with E-state index in [9.17, 15) is 0 Å². The first-order valence-corrected chi connectivity index (χ1v) is 6.86. The van der Waals surface area contributed by atoms with Crippen molar-refractivity contribution in [3.05, 3.63) is 35.2 Å². The Morgan fingerprint density at radius 2 is 2.00 bits per heavy atom. The minimum absolute atomic E-state index is 0.434. The Hall–Kier alpha value is -1.68. The number of rotatable bonds is 2. The quantitative estimate of drug-likeness (QED) is 0.898. The van der Waals surface area contributed by atoms with Crippen LogP contribution in [0.15, 0.2) is 22.7 Å². The van der Waals surface area contributed by atoms with Gasteiger partial charge in [-0.15, -0.1) is 0 Å². The van der Waals surface area contributed by atoms with E-state index in [0.29, 0.717) is 11.8 Å². The summed E-state index contributed by atoms with van der Waals surface area (Å²) >= 11 is 0. The summed E-state index contributed by atoms with van der Waals surface area (Å²) in [6.07, 6.45) is 2.18. The fourth-order valence-corrected chi connectivity index (χ4v) is 2.56. The standard InChI is InChI=1S/C15H19N3O/c1-10-3-4-11(2)13(9-10)15-17-14(18-19-15)12-5-7-16-8-6-12/h3-4,9,12,16H,5-8H2,1-2H3. The number of aryl methyl sites for hydroxylation is 2. The predicted octanol–water partition coefficient (Wildman–Crippen LogP) is 2.82. The molecule has 1 aliphatic heterocycles. The minimum Gasteiger partial charge on any atom is -0.334 e. The molecule has 0 spiro atoms. The summed E-state index contributed by atoms with van der Waals surface area (Å²) < 4.78 is 5.46. The van der Waals surface area contributed by atoms with Crippen LogP contribution in [0.5, 0.6) is 0 Å². The summed E-state index contributed by atoms with van der Waals surface area (Å²) in [5.74, 6) is 1.94. The van der Waals surface area contributed by atoms with Crippen LogP contribution >= 0.6 is 0 Å². The lowest BCUT2D eigenvalue weighted by molar-refractivity contribution is 0.392. The SMILES string of the molecule is Cc1ccc(C)c(-c2nc(C3CCNCC3)no2)c1. The second kappa shape index (κ2) is 5.13. The largest absolute Gasteiger partial charge is 0.334 e. The van der Waals surface area contributed by atoms with Crippen molar-refractivity contribution < 1.29 is 4.52 Å². The first kappa shape index (κ1) is 12.4. The van der Waals surface area contributed by atoms with E-state index >= 15 is 0 Å². The molecule has 1 aromatic heterocycles. The number of hydrogen-bond acceptors (Lipinski definition) is 4. The molecule has 0 aliphatic carbocycles. The first-order chi connectivity index (χ1) is 9.24. The Kier molecular flexibility index (Phi) is 3.34. The summed E-state index contributed by atoms with van der Waals surface area (Å²) in [5.41, 5.74) is 3.43. The van der Waals surface area contributed by atoms with Gasteiger partial charge in [0.1, 0.15) is 0 Å². The molecule has 0 saturated carbocycles. The first-order valence-electron chi connectivity index (χ1n) is 6.86. The molecule has 0 radical (unpaired) electrons. The molecule has 4 nitrogen and oxygen atoms in total. The zero-order valence-electron chi connectivity index (χ0n) is 11.4. The Balaban J connectivity index is 1.89. The molecule has 1 aromatic carbocycles. The van der Waals surface area contributed by atoms with E-state index in [2.05, 4.69) is 47.5 Å². The van der Waals surface area contributed by atoms with E-state index < -0.39 is 0 Å². The smallest absolute Gasteiger partial charge is 0.258 e. The van der Waals surface area contributed by atoms with E-state index in [1.165, 1.54) is 11.1 Å². The molecule has 2 aromatic rings. The van der Waals surface area contributed by atoms with Gasteiger partial charge in [-0.3, -0.25) is 0 Å². The molecule has 0 bridgehead atoms. The van der Waals surface area contributed by atoms with Crippen LogP contribution in [0.4, 0.5) is 0 Å². The molecule has 2 heterocycles. The van der Waals surface area contributed by atoms with Gasteiger partial charge in [0.25, 0.3) is 5.89 Å². The number of hydrogen-bond donors (Lipinski definition) is 1. The zero-order valence-corrected chi connectivity index (χ0v) is 11.4. The van der Waals surface area contributed by atoms with Gasteiger partial charge in [0.05, 0.1) is 0 Å². The van der Waals surface area contributed by atoms with Gasteiger partial charge in [0.2, 0.25) is 0 Å². The normalized spacial score (nSPS) is 16.7. The fourth-order valence-electron chi connectivity index (χ4n) is 2.56. The highest BCUT2D eigenvalue weighted by Gasteiger charge is 2.21. The maximum absolute atomic E-state index is 5.46. The molecule has 100 valence electrons. The lowest BCUT2D eigenvalue weighted by Crippen LogP contribution is -2.27.